The van der Waals surface area contributed by atoms with Gasteiger partial charge in [0.05, 0.1) is 34.8 Å². The molecule has 0 aromatic heterocycles. The molecule has 1 aromatic carbocycles. The lowest BCUT2D eigenvalue weighted by atomic mass is 9.67. The van der Waals surface area contributed by atoms with E-state index in [0.717, 1.165) is 0 Å². The Morgan fingerprint density at radius 1 is 1.33 bits per heavy atom. The van der Waals surface area contributed by atoms with E-state index in [1.165, 1.54) is 4.90 Å². The number of hydrogen-bond acceptors (Lipinski definition) is 5. The topological polar surface area (TPSA) is 90.6 Å². The predicted molar refractivity (Wildman–Crippen MR) is 91.9 cm³/mol. The molecule has 124 valence electrons. The molecule has 2 bridgehead atoms. The number of ether oxygens (including phenoxy) is 1. The van der Waals surface area contributed by atoms with Gasteiger partial charge in [-0.15, -0.1) is 0 Å². The SMILES string of the molecule is C[C@]12O[C@@](C)(C[C@@H]1O)[C@H]1C(=O)N(c3ccc(C#N)c(I)c3)C(=O)[C@H]12. The Morgan fingerprint density at radius 2 is 2.00 bits per heavy atom. The van der Waals surface area contributed by atoms with Gasteiger partial charge in [0.15, 0.2) is 0 Å². The van der Waals surface area contributed by atoms with Crippen LogP contribution in [0.3, 0.4) is 0 Å². The van der Waals surface area contributed by atoms with Crippen LogP contribution in [0, 0.1) is 26.7 Å². The van der Waals surface area contributed by atoms with Crippen LogP contribution in [0.25, 0.3) is 0 Å². The second-order valence-electron chi connectivity index (χ2n) is 7.06. The van der Waals surface area contributed by atoms with Crippen LogP contribution < -0.4 is 4.90 Å². The summed E-state index contributed by atoms with van der Waals surface area (Å²) >= 11 is 2.01. The van der Waals surface area contributed by atoms with Crippen molar-refractivity contribution in [2.75, 3.05) is 4.90 Å². The standard InChI is InChI=1S/C17H15IN2O4/c1-16-6-11(21)17(2,24-16)13-12(16)14(22)20(15(13)23)9-4-3-8(7-19)10(18)5-9/h3-5,11-13,21H,6H2,1-2H3/t11-,12+,13-,16-,17-/m0/s1. The van der Waals surface area contributed by atoms with Gasteiger partial charge >= 0.3 is 0 Å². The molecule has 0 saturated carbocycles. The van der Waals surface area contributed by atoms with Crippen LogP contribution in [0.1, 0.15) is 25.8 Å². The third-order valence-corrected chi connectivity index (χ3v) is 6.52. The quantitative estimate of drug-likeness (QED) is 0.531. The van der Waals surface area contributed by atoms with E-state index in [1.54, 1.807) is 32.0 Å². The molecule has 7 heteroatoms. The van der Waals surface area contributed by atoms with Crippen LogP contribution in [0.5, 0.6) is 0 Å². The number of hydrogen-bond donors (Lipinski definition) is 1. The molecule has 0 spiro atoms. The Balaban J connectivity index is 1.79. The van der Waals surface area contributed by atoms with E-state index in [4.69, 9.17) is 10.00 Å². The van der Waals surface area contributed by atoms with Crippen LogP contribution in [0.4, 0.5) is 5.69 Å². The van der Waals surface area contributed by atoms with Gasteiger partial charge in [-0.2, -0.15) is 5.26 Å². The highest BCUT2D eigenvalue weighted by Gasteiger charge is 2.75. The van der Waals surface area contributed by atoms with Gasteiger partial charge in [-0.1, -0.05) is 0 Å². The summed E-state index contributed by atoms with van der Waals surface area (Å²) in [6.07, 6.45) is -0.413. The molecule has 2 amide bonds. The number of anilines is 1. The monoisotopic (exact) mass is 438 g/mol. The minimum atomic E-state index is -1.03. The van der Waals surface area contributed by atoms with E-state index in [-0.39, 0.29) is 11.8 Å². The number of rotatable bonds is 1. The van der Waals surface area contributed by atoms with Crippen molar-refractivity contribution >= 4 is 40.1 Å². The predicted octanol–water partition coefficient (Wildman–Crippen LogP) is 1.58. The Kier molecular flexibility index (Phi) is 3.18. The first-order valence-electron chi connectivity index (χ1n) is 7.68. The summed E-state index contributed by atoms with van der Waals surface area (Å²) in [7, 11) is 0. The number of carbonyl (C=O) groups excluding carboxylic acids is 2. The Bertz CT molecular complexity index is 834. The number of benzene rings is 1. The molecule has 0 unspecified atom stereocenters. The fourth-order valence-corrected chi connectivity index (χ4v) is 5.13. The molecule has 6 nitrogen and oxygen atoms in total. The summed E-state index contributed by atoms with van der Waals surface area (Å²) in [6.45, 7) is 3.51. The molecular weight excluding hydrogens is 423 g/mol. The molecule has 3 aliphatic rings. The van der Waals surface area contributed by atoms with Crippen molar-refractivity contribution in [2.24, 2.45) is 11.8 Å². The fourth-order valence-electron chi connectivity index (χ4n) is 4.51. The van der Waals surface area contributed by atoms with E-state index in [0.29, 0.717) is 21.2 Å². The van der Waals surface area contributed by atoms with Gasteiger partial charge in [0.25, 0.3) is 0 Å². The molecule has 1 N–H and O–H groups in total. The number of amides is 2. The van der Waals surface area contributed by atoms with Gasteiger partial charge in [0, 0.05) is 9.99 Å². The highest BCUT2D eigenvalue weighted by Crippen LogP contribution is 2.60. The fraction of sp³-hybridized carbons (Fsp3) is 0.471. The van der Waals surface area contributed by atoms with Gasteiger partial charge in [-0.3, -0.25) is 9.59 Å². The number of aliphatic hydroxyl groups excluding tert-OH is 1. The maximum Gasteiger partial charge on any atom is 0.240 e. The zero-order chi connectivity index (χ0) is 17.4. The first kappa shape index (κ1) is 16.0. The normalized spacial score (nSPS) is 40.1. The Hall–Kier alpha value is -1.50. The largest absolute Gasteiger partial charge is 0.390 e. The van der Waals surface area contributed by atoms with E-state index >= 15 is 0 Å². The number of carbonyl (C=O) groups is 2. The molecule has 0 aliphatic carbocycles. The van der Waals surface area contributed by atoms with Gasteiger partial charge in [0.2, 0.25) is 11.8 Å². The highest BCUT2D eigenvalue weighted by molar-refractivity contribution is 14.1. The average molecular weight is 438 g/mol. The number of imide groups is 1. The maximum atomic E-state index is 13.0. The van der Waals surface area contributed by atoms with Crippen molar-refractivity contribution in [2.45, 2.75) is 37.6 Å². The number of fused-ring (bicyclic) bond motifs is 5. The molecule has 3 fully saturated rings. The van der Waals surface area contributed by atoms with Crippen LogP contribution >= 0.6 is 22.6 Å². The molecule has 3 saturated heterocycles. The number of nitriles is 1. The average Bonchev–Trinajstić information content (AvgIpc) is 3.01. The first-order chi connectivity index (χ1) is 11.2. The van der Waals surface area contributed by atoms with Gasteiger partial charge in [-0.25, -0.2) is 4.90 Å². The molecular formula is C17H15IN2O4. The molecule has 3 heterocycles. The smallest absolute Gasteiger partial charge is 0.240 e. The van der Waals surface area contributed by atoms with Crippen LogP contribution in [0.15, 0.2) is 18.2 Å². The molecule has 0 radical (unpaired) electrons. The minimum Gasteiger partial charge on any atom is -0.390 e. The summed E-state index contributed by atoms with van der Waals surface area (Å²) in [5, 5.41) is 19.4. The Labute approximate surface area is 152 Å². The highest BCUT2D eigenvalue weighted by atomic mass is 127. The summed E-state index contributed by atoms with van der Waals surface area (Å²) in [5.41, 5.74) is -0.888. The van der Waals surface area contributed by atoms with Crippen molar-refractivity contribution in [1.29, 1.82) is 5.26 Å². The van der Waals surface area contributed by atoms with Gasteiger partial charge in [-0.05, 0) is 54.6 Å². The third-order valence-electron chi connectivity index (χ3n) is 5.63. The molecule has 5 atom stereocenters. The molecule has 4 rings (SSSR count). The van der Waals surface area contributed by atoms with Crippen LogP contribution in [0.2, 0.25) is 0 Å². The summed E-state index contributed by atoms with van der Waals surface area (Å²) in [6, 6.07) is 6.95. The number of nitrogens with zero attached hydrogens (tertiary/aromatic N) is 2. The lowest BCUT2D eigenvalue weighted by molar-refractivity contribution is -0.132. The minimum absolute atomic E-state index is 0.288. The molecule has 3 aliphatic heterocycles. The van der Waals surface area contributed by atoms with Crippen molar-refractivity contribution in [3.63, 3.8) is 0 Å². The number of aliphatic hydroxyl groups is 1. The second kappa shape index (κ2) is 4.77. The summed E-state index contributed by atoms with van der Waals surface area (Å²) in [4.78, 5) is 27.2. The van der Waals surface area contributed by atoms with E-state index < -0.39 is 29.1 Å². The van der Waals surface area contributed by atoms with Crippen molar-refractivity contribution < 1.29 is 19.4 Å². The molecule has 1 aromatic rings. The van der Waals surface area contributed by atoms with E-state index in [1.807, 2.05) is 22.6 Å². The lowest BCUT2D eigenvalue weighted by Gasteiger charge is -2.31. The second-order valence-corrected chi connectivity index (χ2v) is 8.22. The first-order valence-corrected chi connectivity index (χ1v) is 8.76. The van der Waals surface area contributed by atoms with Crippen molar-refractivity contribution in [1.82, 2.24) is 0 Å². The van der Waals surface area contributed by atoms with E-state index in [2.05, 4.69) is 6.07 Å². The zero-order valence-electron chi connectivity index (χ0n) is 13.1. The van der Waals surface area contributed by atoms with Gasteiger partial charge in [0.1, 0.15) is 11.7 Å². The summed E-state index contributed by atoms with van der Waals surface area (Å²) in [5.74, 6) is -1.88. The van der Waals surface area contributed by atoms with E-state index in [9.17, 15) is 14.7 Å². The van der Waals surface area contributed by atoms with Gasteiger partial charge < -0.3 is 9.84 Å². The number of halogens is 1. The van der Waals surface area contributed by atoms with Crippen molar-refractivity contribution in [3.8, 4) is 6.07 Å². The lowest BCUT2D eigenvalue weighted by Crippen LogP contribution is -2.49. The maximum absolute atomic E-state index is 13.0. The van der Waals surface area contributed by atoms with Crippen LogP contribution in [-0.4, -0.2) is 34.2 Å². The molecule has 24 heavy (non-hydrogen) atoms. The zero-order valence-corrected chi connectivity index (χ0v) is 15.3. The third kappa shape index (κ3) is 1.76. The van der Waals surface area contributed by atoms with Crippen molar-refractivity contribution in [3.05, 3.63) is 27.3 Å². The summed E-state index contributed by atoms with van der Waals surface area (Å²) < 4.78 is 6.63. The van der Waals surface area contributed by atoms with Crippen LogP contribution in [-0.2, 0) is 14.3 Å². The Morgan fingerprint density at radius 3 is 2.62 bits per heavy atom.